The summed E-state index contributed by atoms with van der Waals surface area (Å²) in [6.45, 7) is 0.139. The van der Waals surface area contributed by atoms with Crippen molar-refractivity contribution < 1.29 is 18.2 Å². The molecule has 5 heteroatoms. The molecule has 0 bridgehead atoms. The van der Waals surface area contributed by atoms with Gasteiger partial charge in [-0.05, 0) is 0 Å². The van der Waals surface area contributed by atoms with Crippen LogP contribution in [0.3, 0.4) is 0 Å². The zero-order chi connectivity index (χ0) is 7.28. The topological polar surface area (TPSA) is 55.8 Å². The summed E-state index contributed by atoms with van der Waals surface area (Å²) >= 11 is -1.95. The molecule has 0 aromatic heterocycles. The van der Waals surface area contributed by atoms with E-state index in [9.17, 15) is 4.21 Å². The molecule has 2 atom stereocenters. The van der Waals surface area contributed by atoms with Gasteiger partial charge >= 0.3 is 0 Å². The highest BCUT2D eigenvalue weighted by atomic mass is 32.2. The molecule has 0 saturated carbocycles. The molecule has 9 heavy (non-hydrogen) atoms. The zero-order valence-electron chi connectivity index (χ0n) is 5.36. The van der Waals surface area contributed by atoms with Crippen molar-refractivity contribution >= 4 is 11.1 Å². The highest BCUT2D eigenvalue weighted by molar-refractivity contribution is 7.79. The maximum absolute atomic E-state index is 10.2. The van der Waals surface area contributed by atoms with E-state index in [1.807, 2.05) is 0 Å². The van der Waals surface area contributed by atoms with Gasteiger partial charge in [0.15, 0.2) is 16.5 Å². The van der Waals surface area contributed by atoms with Crippen LogP contribution in [0.1, 0.15) is 0 Å². The van der Waals surface area contributed by atoms with E-state index >= 15 is 0 Å². The molecule has 0 radical (unpaired) electrons. The summed E-state index contributed by atoms with van der Waals surface area (Å²) in [4.78, 5) is 0. The van der Waals surface area contributed by atoms with E-state index < -0.39 is 16.5 Å². The third kappa shape index (κ3) is 3.58. The van der Waals surface area contributed by atoms with Crippen molar-refractivity contribution in [3.8, 4) is 0 Å². The molecule has 0 heterocycles. The summed E-state index contributed by atoms with van der Waals surface area (Å²) in [5.41, 5.74) is -0.727. The summed E-state index contributed by atoms with van der Waals surface area (Å²) in [7, 11) is 2.80. The van der Waals surface area contributed by atoms with Crippen LogP contribution in [0.15, 0.2) is 0 Å². The standard InChI is InChI=1S/C4H10O4S/c1-7-3-4(8-2)9(5)6/h4H,3H2,1-2H3,(H,5,6). The Hall–Kier alpha value is 0.0300. The van der Waals surface area contributed by atoms with Crippen LogP contribution in [0, 0.1) is 0 Å². The van der Waals surface area contributed by atoms with Crippen LogP contribution < -0.4 is 0 Å². The van der Waals surface area contributed by atoms with Gasteiger partial charge in [0.1, 0.15) is 0 Å². The van der Waals surface area contributed by atoms with Crippen LogP contribution in [0.2, 0.25) is 0 Å². The van der Waals surface area contributed by atoms with Gasteiger partial charge in [-0.1, -0.05) is 0 Å². The maximum atomic E-state index is 10.2. The lowest BCUT2D eigenvalue weighted by molar-refractivity contribution is 0.0744. The molecule has 0 rings (SSSR count). The van der Waals surface area contributed by atoms with Crippen molar-refractivity contribution in [2.24, 2.45) is 0 Å². The van der Waals surface area contributed by atoms with E-state index in [0.29, 0.717) is 0 Å². The number of hydrogen-bond donors (Lipinski definition) is 1. The summed E-state index contributed by atoms with van der Waals surface area (Å²) < 4.78 is 27.8. The van der Waals surface area contributed by atoms with Gasteiger partial charge in [0.2, 0.25) is 0 Å². The molecular formula is C4H10O4S. The highest BCUT2D eigenvalue weighted by Gasteiger charge is 2.11. The fraction of sp³-hybridized carbons (Fsp3) is 1.00. The molecular weight excluding hydrogens is 144 g/mol. The lowest BCUT2D eigenvalue weighted by atomic mass is 10.8. The van der Waals surface area contributed by atoms with E-state index in [-0.39, 0.29) is 6.61 Å². The Morgan fingerprint density at radius 3 is 2.33 bits per heavy atom. The molecule has 1 N–H and O–H groups in total. The van der Waals surface area contributed by atoms with Gasteiger partial charge < -0.3 is 14.0 Å². The van der Waals surface area contributed by atoms with Crippen molar-refractivity contribution in [1.82, 2.24) is 0 Å². The molecule has 56 valence electrons. The molecule has 0 saturated heterocycles. The van der Waals surface area contributed by atoms with Gasteiger partial charge in [0.05, 0.1) is 6.61 Å². The first-order valence-electron chi connectivity index (χ1n) is 2.33. The first kappa shape index (κ1) is 9.03. The lowest BCUT2D eigenvalue weighted by Gasteiger charge is -2.07. The van der Waals surface area contributed by atoms with Gasteiger partial charge in [-0.25, -0.2) is 4.21 Å². The quantitative estimate of drug-likeness (QED) is 0.571. The highest BCUT2D eigenvalue weighted by Crippen LogP contribution is 1.93. The molecule has 0 aliphatic rings. The minimum absolute atomic E-state index is 0.139. The van der Waals surface area contributed by atoms with E-state index in [2.05, 4.69) is 9.47 Å². The average molecular weight is 154 g/mol. The second kappa shape index (κ2) is 4.87. The fourth-order valence-electron chi connectivity index (χ4n) is 0.345. The smallest absolute Gasteiger partial charge is 0.185 e. The molecule has 0 aliphatic heterocycles. The van der Waals surface area contributed by atoms with Gasteiger partial charge in [-0.2, -0.15) is 0 Å². The van der Waals surface area contributed by atoms with Gasteiger partial charge in [0.25, 0.3) is 0 Å². The van der Waals surface area contributed by atoms with Crippen LogP contribution >= 0.6 is 0 Å². The Balaban J connectivity index is 3.54. The number of hydrogen-bond acceptors (Lipinski definition) is 3. The maximum Gasteiger partial charge on any atom is 0.185 e. The number of rotatable bonds is 4. The summed E-state index contributed by atoms with van der Waals surface area (Å²) in [6.07, 6.45) is 0. The minimum atomic E-state index is -1.95. The van der Waals surface area contributed by atoms with Gasteiger partial charge in [-0.3, -0.25) is 0 Å². The Bertz CT molecular complexity index is 94.6. The molecule has 2 unspecified atom stereocenters. The number of methoxy groups -OCH3 is 2. The lowest BCUT2D eigenvalue weighted by Crippen LogP contribution is -2.22. The van der Waals surface area contributed by atoms with Crippen LogP contribution in [0.4, 0.5) is 0 Å². The normalized spacial score (nSPS) is 17.2. The summed E-state index contributed by atoms with van der Waals surface area (Å²) in [6, 6.07) is 0. The first-order valence-corrected chi connectivity index (χ1v) is 3.50. The molecule has 0 amide bonds. The molecule has 0 aromatic carbocycles. The second-order valence-electron chi connectivity index (χ2n) is 1.40. The van der Waals surface area contributed by atoms with Crippen LogP contribution in [0.25, 0.3) is 0 Å². The van der Waals surface area contributed by atoms with Crippen molar-refractivity contribution in [2.75, 3.05) is 20.8 Å². The Morgan fingerprint density at radius 2 is 2.22 bits per heavy atom. The molecule has 0 aliphatic carbocycles. The van der Waals surface area contributed by atoms with E-state index in [0.717, 1.165) is 0 Å². The average Bonchev–Trinajstić information content (AvgIpc) is 1.82. The van der Waals surface area contributed by atoms with E-state index in [1.54, 1.807) is 0 Å². The summed E-state index contributed by atoms with van der Waals surface area (Å²) in [5.74, 6) is 0. The Labute approximate surface area is 56.4 Å². The van der Waals surface area contributed by atoms with Crippen molar-refractivity contribution in [3.63, 3.8) is 0 Å². The largest absolute Gasteiger partial charge is 0.381 e. The zero-order valence-corrected chi connectivity index (χ0v) is 6.18. The third-order valence-corrected chi connectivity index (χ3v) is 1.57. The molecule has 4 nitrogen and oxygen atoms in total. The monoisotopic (exact) mass is 154 g/mol. The fourth-order valence-corrected chi connectivity index (χ4v) is 0.762. The molecule has 0 aromatic rings. The minimum Gasteiger partial charge on any atom is -0.381 e. The molecule has 0 fully saturated rings. The Morgan fingerprint density at radius 1 is 1.67 bits per heavy atom. The van der Waals surface area contributed by atoms with Gasteiger partial charge in [0, 0.05) is 14.2 Å². The number of ether oxygens (including phenoxy) is 2. The molecule has 0 spiro atoms. The van der Waals surface area contributed by atoms with Gasteiger partial charge in [-0.15, -0.1) is 0 Å². The Kier molecular flexibility index (Phi) is 4.88. The predicted octanol–water partition coefficient (Wildman–Crippen LogP) is -0.173. The van der Waals surface area contributed by atoms with E-state index in [1.165, 1.54) is 14.2 Å². The van der Waals surface area contributed by atoms with Crippen molar-refractivity contribution in [2.45, 2.75) is 5.44 Å². The van der Waals surface area contributed by atoms with Crippen LogP contribution in [0.5, 0.6) is 0 Å². The SMILES string of the molecule is COCC(OC)S(=O)O. The predicted molar refractivity (Wildman–Crippen MR) is 33.4 cm³/mol. The second-order valence-corrected chi connectivity index (χ2v) is 2.47. The van der Waals surface area contributed by atoms with Crippen molar-refractivity contribution in [1.29, 1.82) is 0 Å². The van der Waals surface area contributed by atoms with Crippen LogP contribution in [-0.2, 0) is 20.6 Å². The van der Waals surface area contributed by atoms with E-state index in [4.69, 9.17) is 4.55 Å². The third-order valence-electron chi connectivity index (χ3n) is 0.791. The summed E-state index contributed by atoms with van der Waals surface area (Å²) in [5, 5.41) is 0. The van der Waals surface area contributed by atoms with Crippen LogP contribution in [-0.4, -0.2) is 35.0 Å². The van der Waals surface area contributed by atoms with Crippen molar-refractivity contribution in [3.05, 3.63) is 0 Å². The first-order chi connectivity index (χ1) is 4.22.